The smallest absolute Gasteiger partial charge is 0.302 e. The highest BCUT2D eigenvalue weighted by Crippen LogP contribution is 2.21. The Balaban J connectivity index is 1.49. The highest BCUT2D eigenvalue weighted by molar-refractivity contribution is 6.32. The average Bonchev–Trinajstić information content (AvgIpc) is 2.81. The van der Waals surface area contributed by atoms with E-state index in [1.165, 1.54) is 0 Å². The van der Waals surface area contributed by atoms with Crippen LogP contribution in [0.4, 0.5) is 11.6 Å². The van der Waals surface area contributed by atoms with Gasteiger partial charge in [-0.1, -0.05) is 23.2 Å². The first-order valence-electron chi connectivity index (χ1n) is 9.89. The molecule has 1 aromatic carbocycles. The summed E-state index contributed by atoms with van der Waals surface area (Å²) in [6.45, 7) is 1.31. The number of anilines is 2. The van der Waals surface area contributed by atoms with Crippen LogP contribution in [-0.2, 0) is 6.54 Å². The Morgan fingerprint density at radius 2 is 1.82 bits per heavy atom. The van der Waals surface area contributed by atoms with Gasteiger partial charge in [-0.15, -0.1) is 0 Å². The fourth-order valence-corrected chi connectivity index (χ4v) is 2.92. The summed E-state index contributed by atoms with van der Waals surface area (Å²) in [4.78, 5) is 28.3. The maximum absolute atomic E-state index is 12.4. The van der Waals surface area contributed by atoms with Crippen LogP contribution < -0.4 is 26.8 Å². The van der Waals surface area contributed by atoms with E-state index in [0.29, 0.717) is 36.9 Å². The Hall–Kier alpha value is -3.63. The lowest BCUT2D eigenvalue weighted by molar-refractivity contribution is 0.0998. The standard InChI is InChI=1S/C21H22Cl2N8O2/c22-14-2-4-15(5-3-14)33-11-1-8-27-21(25)31-20(32)16-18(24)30-19(17(23)29-16)28-12-13-6-9-26-10-7-13/h2-7,9-10H,1,8,11-12H2,(H3,24,28,30)(H3,25,27,31,32). The number of pyridine rings is 1. The van der Waals surface area contributed by atoms with Crippen LogP contribution in [0, 0.1) is 0 Å². The van der Waals surface area contributed by atoms with Crippen molar-refractivity contribution in [2.45, 2.75) is 13.0 Å². The van der Waals surface area contributed by atoms with Crippen molar-refractivity contribution in [2.75, 3.05) is 24.2 Å². The molecule has 0 aliphatic heterocycles. The van der Waals surface area contributed by atoms with Crippen LogP contribution in [-0.4, -0.2) is 40.0 Å². The Bertz CT molecular complexity index is 1110. The topological polar surface area (TPSA) is 153 Å². The number of hydrogen-bond acceptors (Lipinski definition) is 7. The number of aliphatic imine (C=N–C) groups is 1. The van der Waals surface area contributed by atoms with Gasteiger partial charge >= 0.3 is 5.91 Å². The number of halogens is 2. The molecular formula is C21H22Cl2N8O2. The number of aromatic nitrogens is 3. The van der Waals surface area contributed by atoms with Gasteiger partial charge in [-0.25, -0.2) is 9.97 Å². The number of guanidine groups is 1. The van der Waals surface area contributed by atoms with Crippen LogP contribution in [0.1, 0.15) is 22.5 Å². The fourth-order valence-electron chi connectivity index (χ4n) is 2.60. The molecule has 10 nitrogen and oxygen atoms in total. The van der Waals surface area contributed by atoms with E-state index in [4.69, 9.17) is 39.4 Å². The molecule has 172 valence electrons. The zero-order valence-electron chi connectivity index (χ0n) is 17.5. The molecule has 12 heteroatoms. The second-order valence-electron chi connectivity index (χ2n) is 6.69. The number of nitrogen functional groups attached to an aromatic ring is 1. The van der Waals surface area contributed by atoms with Gasteiger partial charge in [0, 0.05) is 30.5 Å². The van der Waals surface area contributed by atoms with Gasteiger partial charge in [-0.3, -0.25) is 9.78 Å². The van der Waals surface area contributed by atoms with Gasteiger partial charge in [0.1, 0.15) is 5.75 Å². The highest BCUT2D eigenvalue weighted by atomic mass is 35.5. The third-order valence-electron chi connectivity index (χ3n) is 4.22. The van der Waals surface area contributed by atoms with Crippen LogP contribution in [0.5, 0.6) is 5.75 Å². The predicted molar refractivity (Wildman–Crippen MR) is 129 cm³/mol. The molecule has 3 aromatic rings. The monoisotopic (exact) mass is 488 g/mol. The Labute approximate surface area is 200 Å². The molecule has 33 heavy (non-hydrogen) atoms. The lowest BCUT2D eigenvalue weighted by atomic mass is 10.3. The number of benzene rings is 1. The van der Waals surface area contributed by atoms with Crippen molar-refractivity contribution in [3.05, 3.63) is 70.2 Å². The Kier molecular flexibility index (Phi) is 8.62. The minimum absolute atomic E-state index is 0.0114. The quantitative estimate of drug-likeness (QED) is 0.202. The molecule has 0 saturated heterocycles. The molecule has 0 aliphatic rings. The van der Waals surface area contributed by atoms with Crippen molar-refractivity contribution >= 4 is 46.7 Å². The van der Waals surface area contributed by atoms with Crippen molar-refractivity contribution < 1.29 is 9.53 Å². The second-order valence-corrected chi connectivity index (χ2v) is 7.49. The van der Waals surface area contributed by atoms with Crippen LogP contribution >= 0.6 is 23.2 Å². The zero-order chi connectivity index (χ0) is 23.6. The van der Waals surface area contributed by atoms with Gasteiger partial charge in [0.25, 0.3) is 0 Å². The predicted octanol–water partition coefficient (Wildman–Crippen LogP) is 2.89. The maximum atomic E-state index is 12.4. The van der Waals surface area contributed by atoms with E-state index < -0.39 is 5.91 Å². The van der Waals surface area contributed by atoms with E-state index >= 15 is 0 Å². The van der Waals surface area contributed by atoms with Gasteiger partial charge in [0.05, 0.1) is 6.61 Å². The fraction of sp³-hybridized carbons (Fsp3) is 0.190. The van der Waals surface area contributed by atoms with Gasteiger partial charge in [-0.05, 0) is 48.4 Å². The summed E-state index contributed by atoms with van der Waals surface area (Å²) >= 11 is 12.0. The van der Waals surface area contributed by atoms with Crippen LogP contribution in [0.25, 0.3) is 0 Å². The molecule has 6 N–H and O–H groups in total. The number of nitrogens with two attached hydrogens (primary N) is 2. The number of carbonyl (C=O) groups excluding carboxylic acids is 1. The van der Waals surface area contributed by atoms with Gasteiger partial charge in [0.2, 0.25) is 0 Å². The molecule has 2 aromatic heterocycles. The van der Waals surface area contributed by atoms with Crippen LogP contribution in [0.2, 0.25) is 10.2 Å². The molecule has 1 amide bonds. The molecule has 3 rings (SSSR count). The number of ether oxygens (including phenoxy) is 1. The minimum Gasteiger partial charge on any atom is -0.494 e. The summed E-state index contributed by atoms with van der Waals surface area (Å²) < 4.78 is 5.58. The molecule has 2 heterocycles. The SMILES string of the molecule is N/C(=N\C(=O)c1nc(Cl)c(NCc2ccncc2)nc1N)NCCCOc1ccc(Cl)cc1. The Morgan fingerprint density at radius 1 is 1.09 bits per heavy atom. The molecule has 0 spiro atoms. The van der Waals surface area contributed by atoms with Crippen molar-refractivity contribution in [3.8, 4) is 5.75 Å². The van der Waals surface area contributed by atoms with Crippen molar-refractivity contribution in [1.29, 1.82) is 0 Å². The number of rotatable bonds is 9. The van der Waals surface area contributed by atoms with E-state index in [1.54, 1.807) is 36.7 Å². The summed E-state index contributed by atoms with van der Waals surface area (Å²) in [7, 11) is 0. The average molecular weight is 489 g/mol. The Morgan fingerprint density at radius 3 is 2.55 bits per heavy atom. The summed E-state index contributed by atoms with van der Waals surface area (Å²) in [6, 6.07) is 10.7. The third-order valence-corrected chi connectivity index (χ3v) is 4.74. The molecule has 0 aliphatic carbocycles. The zero-order valence-corrected chi connectivity index (χ0v) is 19.0. The number of hydrogen-bond donors (Lipinski definition) is 4. The minimum atomic E-state index is -0.759. The molecular weight excluding hydrogens is 467 g/mol. The summed E-state index contributed by atoms with van der Waals surface area (Å²) in [5.74, 6) is 0.00222. The molecule has 0 saturated carbocycles. The number of nitrogens with one attached hydrogen (secondary N) is 2. The van der Waals surface area contributed by atoms with E-state index in [0.717, 1.165) is 5.56 Å². The second kappa shape index (κ2) is 11.8. The van der Waals surface area contributed by atoms with Gasteiger partial charge in [0.15, 0.2) is 28.4 Å². The molecule has 0 atom stereocenters. The lowest BCUT2D eigenvalue weighted by Crippen LogP contribution is -2.34. The van der Waals surface area contributed by atoms with E-state index in [-0.39, 0.29) is 28.4 Å². The lowest BCUT2D eigenvalue weighted by Gasteiger charge is -2.10. The van der Waals surface area contributed by atoms with E-state index in [9.17, 15) is 4.79 Å². The summed E-state index contributed by atoms with van der Waals surface area (Å²) in [5, 5.41) is 6.47. The van der Waals surface area contributed by atoms with Crippen molar-refractivity contribution in [2.24, 2.45) is 10.7 Å². The van der Waals surface area contributed by atoms with Gasteiger partial charge in [-0.2, -0.15) is 4.99 Å². The van der Waals surface area contributed by atoms with E-state index in [2.05, 4.69) is 30.6 Å². The highest BCUT2D eigenvalue weighted by Gasteiger charge is 2.17. The number of nitrogens with zero attached hydrogens (tertiary/aromatic N) is 4. The van der Waals surface area contributed by atoms with Crippen molar-refractivity contribution in [3.63, 3.8) is 0 Å². The summed E-state index contributed by atoms with van der Waals surface area (Å²) in [6.07, 6.45) is 3.96. The number of carbonyl (C=O) groups is 1. The van der Waals surface area contributed by atoms with Gasteiger partial charge < -0.3 is 26.8 Å². The maximum Gasteiger partial charge on any atom is 0.302 e. The van der Waals surface area contributed by atoms with Crippen LogP contribution in [0.15, 0.2) is 53.8 Å². The molecule has 0 bridgehead atoms. The number of amides is 1. The summed E-state index contributed by atoms with van der Waals surface area (Å²) in [5.41, 5.74) is 12.4. The normalized spacial score (nSPS) is 11.2. The first kappa shape index (κ1) is 24.0. The first-order chi connectivity index (χ1) is 15.9. The van der Waals surface area contributed by atoms with Crippen molar-refractivity contribution in [1.82, 2.24) is 20.3 Å². The largest absolute Gasteiger partial charge is 0.494 e. The molecule has 0 radical (unpaired) electrons. The van der Waals surface area contributed by atoms with Crippen LogP contribution in [0.3, 0.4) is 0 Å². The molecule has 0 unspecified atom stereocenters. The van der Waals surface area contributed by atoms with E-state index in [1.807, 2.05) is 12.1 Å². The molecule has 0 fully saturated rings. The third kappa shape index (κ3) is 7.48. The first-order valence-corrected chi connectivity index (χ1v) is 10.6.